The van der Waals surface area contributed by atoms with Crippen molar-refractivity contribution in [1.29, 1.82) is 0 Å². The summed E-state index contributed by atoms with van der Waals surface area (Å²) in [6.45, 7) is 0. The summed E-state index contributed by atoms with van der Waals surface area (Å²) in [4.78, 5) is 15.5. The summed E-state index contributed by atoms with van der Waals surface area (Å²) in [5.74, 6) is -2.50. The van der Waals surface area contributed by atoms with Gasteiger partial charge in [0.2, 0.25) is 0 Å². The van der Waals surface area contributed by atoms with E-state index in [-0.39, 0.29) is 11.3 Å². The highest BCUT2D eigenvalue weighted by molar-refractivity contribution is 6.04. The number of carbonyl (C=O) groups is 1. The summed E-state index contributed by atoms with van der Waals surface area (Å²) in [6, 6.07) is 4.52. The van der Waals surface area contributed by atoms with Crippen LogP contribution in [-0.2, 0) is 0 Å². The first-order valence-electron chi connectivity index (χ1n) is 5.03. The van der Waals surface area contributed by atoms with Crippen LogP contribution in [0.15, 0.2) is 36.7 Å². The molecule has 1 amide bonds. The Labute approximate surface area is 101 Å². The van der Waals surface area contributed by atoms with Crippen LogP contribution in [0.1, 0.15) is 10.4 Å². The second-order valence-electron chi connectivity index (χ2n) is 3.59. The number of hydrogen-bond donors (Lipinski definition) is 2. The van der Waals surface area contributed by atoms with Crippen molar-refractivity contribution in [2.75, 3.05) is 11.1 Å². The molecule has 0 saturated carbocycles. The first-order valence-corrected chi connectivity index (χ1v) is 5.03. The van der Waals surface area contributed by atoms with Crippen LogP contribution in [0, 0.1) is 11.6 Å². The molecule has 0 bridgehead atoms. The minimum absolute atomic E-state index is 0.154. The van der Waals surface area contributed by atoms with Gasteiger partial charge in [-0.2, -0.15) is 0 Å². The van der Waals surface area contributed by atoms with Gasteiger partial charge in [-0.1, -0.05) is 0 Å². The minimum atomic E-state index is -1.03. The van der Waals surface area contributed by atoms with Gasteiger partial charge in [-0.05, 0) is 18.2 Å². The second kappa shape index (κ2) is 4.79. The van der Waals surface area contributed by atoms with Crippen LogP contribution in [-0.4, -0.2) is 10.9 Å². The lowest BCUT2D eigenvalue weighted by Gasteiger charge is -2.05. The summed E-state index contributed by atoms with van der Waals surface area (Å²) in [7, 11) is 0. The standard InChI is InChI=1S/C12H9F2N3O/c13-10-2-1-9(4-11(10)14)17-12(18)7-3-8(15)6-16-5-7/h1-6H,15H2,(H,17,18). The molecule has 0 unspecified atom stereocenters. The Bertz CT molecular complexity index is 602. The Morgan fingerprint density at radius 2 is 1.94 bits per heavy atom. The molecule has 6 heteroatoms. The summed E-state index contributed by atoms with van der Waals surface area (Å²) in [6.07, 6.45) is 2.72. The fraction of sp³-hybridized carbons (Fsp3) is 0. The number of aromatic nitrogens is 1. The molecule has 0 fully saturated rings. The Morgan fingerprint density at radius 3 is 2.61 bits per heavy atom. The van der Waals surface area contributed by atoms with Crippen LogP contribution in [0.5, 0.6) is 0 Å². The van der Waals surface area contributed by atoms with Crippen molar-refractivity contribution in [2.24, 2.45) is 0 Å². The number of nitrogens with one attached hydrogen (secondary N) is 1. The van der Waals surface area contributed by atoms with Gasteiger partial charge in [-0.15, -0.1) is 0 Å². The molecule has 0 saturated heterocycles. The maximum atomic E-state index is 12.9. The number of benzene rings is 1. The van der Waals surface area contributed by atoms with Gasteiger partial charge in [-0.25, -0.2) is 8.78 Å². The molecule has 0 aliphatic heterocycles. The molecule has 3 N–H and O–H groups in total. The summed E-state index contributed by atoms with van der Waals surface area (Å²) in [5.41, 5.74) is 6.21. The molecular weight excluding hydrogens is 240 g/mol. The number of amides is 1. The van der Waals surface area contributed by atoms with Gasteiger partial charge in [-0.3, -0.25) is 9.78 Å². The van der Waals surface area contributed by atoms with Crippen LogP contribution in [0.4, 0.5) is 20.2 Å². The highest BCUT2D eigenvalue weighted by Gasteiger charge is 2.08. The van der Waals surface area contributed by atoms with Crippen LogP contribution in [0.2, 0.25) is 0 Å². The molecule has 0 aliphatic rings. The smallest absolute Gasteiger partial charge is 0.257 e. The van der Waals surface area contributed by atoms with E-state index in [1.165, 1.54) is 24.5 Å². The van der Waals surface area contributed by atoms with E-state index in [0.29, 0.717) is 5.69 Å². The number of pyridine rings is 1. The van der Waals surface area contributed by atoms with Gasteiger partial charge < -0.3 is 11.1 Å². The van der Waals surface area contributed by atoms with E-state index in [0.717, 1.165) is 12.1 Å². The quantitative estimate of drug-likeness (QED) is 0.857. The van der Waals surface area contributed by atoms with Gasteiger partial charge in [0.25, 0.3) is 5.91 Å². The SMILES string of the molecule is Nc1cncc(C(=O)Nc2ccc(F)c(F)c2)c1. The maximum absolute atomic E-state index is 12.9. The third kappa shape index (κ3) is 2.60. The van der Waals surface area contributed by atoms with Gasteiger partial charge in [0.15, 0.2) is 11.6 Å². The number of nitrogens with two attached hydrogens (primary N) is 1. The van der Waals surface area contributed by atoms with Crippen LogP contribution >= 0.6 is 0 Å². The number of rotatable bonds is 2. The zero-order chi connectivity index (χ0) is 13.1. The third-order valence-corrected chi connectivity index (χ3v) is 2.20. The Hall–Kier alpha value is -2.50. The summed E-state index contributed by atoms with van der Waals surface area (Å²) in [5, 5.41) is 2.41. The monoisotopic (exact) mass is 249 g/mol. The lowest BCUT2D eigenvalue weighted by Crippen LogP contribution is -2.12. The molecule has 18 heavy (non-hydrogen) atoms. The highest BCUT2D eigenvalue weighted by atomic mass is 19.2. The number of nitrogens with zero attached hydrogens (tertiary/aromatic N) is 1. The predicted octanol–water partition coefficient (Wildman–Crippen LogP) is 2.19. The predicted molar refractivity (Wildman–Crippen MR) is 63.0 cm³/mol. The Balaban J connectivity index is 2.18. The zero-order valence-corrected chi connectivity index (χ0v) is 9.15. The average Bonchev–Trinajstić information content (AvgIpc) is 2.34. The third-order valence-electron chi connectivity index (χ3n) is 2.20. The van der Waals surface area contributed by atoms with Crippen LogP contribution in [0.3, 0.4) is 0 Å². The lowest BCUT2D eigenvalue weighted by molar-refractivity contribution is 0.102. The van der Waals surface area contributed by atoms with Crippen molar-refractivity contribution in [2.45, 2.75) is 0 Å². The normalized spacial score (nSPS) is 10.1. The molecule has 92 valence electrons. The molecule has 2 rings (SSSR count). The van der Waals surface area contributed by atoms with Crippen LogP contribution < -0.4 is 11.1 Å². The molecule has 0 spiro atoms. The molecule has 4 nitrogen and oxygen atoms in total. The molecule has 1 aromatic carbocycles. The number of nitrogen functional groups attached to an aromatic ring is 1. The fourth-order valence-electron chi connectivity index (χ4n) is 1.36. The van der Waals surface area contributed by atoms with E-state index >= 15 is 0 Å². The molecule has 1 heterocycles. The van der Waals surface area contributed by atoms with Crippen molar-refractivity contribution < 1.29 is 13.6 Å². The molecule has 0 aliphatic carbocycles. The maximum Gasteiger partial charge on any atom is 0.257 e. The number of anilines is 2. The zero-order valence-electron chi connectivity index (χ0n) is 9.15. The van der Waals surface area contributed by atoms with E-state index in [9.17, 15) is 13.6 Å². The van der Waals surface area contributed by atoms with E-state index in [1.54, 1.807) is 0 Å². The van der Waals surface area contributed by atoms with E-state index < -0.39 is 17.5 Å². The average molecular weight is 249 g/mol. The minimum Gasteiger partial charge on any atom is -0.397 e. The number of hydrogen-bond acceptors (Lipinski definition) is 3. The Morgan fingerprint density at radius 1 is 1.17 bits per heavy atom. The van der Waals surface area contributed by atoms with Gasteiger partial charge in [0.1, 0.15) is 0 Å². The topological polar surface area (TPSA) is 68.0 Å². The molecule has 2 aromatic rings. The molecular formula is C12H9F2N3O. The van der Waals surface area contributed by atoms with Gasteiger partial charge in [0, 0.05) is 24.1 Å². The molecule has 1 aromatic heterocycles. The fourth-order valence-corrected chi connectivity index (χ4v) is 1.36. The molecule has 0 radical (unpaired) electrons. The largest absolute Gasteiger partial charge is 0.397 e. The van der Waals surface area contributed by atoms with Gasteiger partial charge in [0.05, 0.1) is 11.3 Å². The first-order chi connectivity index (χ1) is 8.56. The second-order valence-corrected chi connectivity index (χ2v) is 3.59. The highest BCUT2D eigenvalue weighted by Crippen LogP contribution is 2.14. The van der Waals surface area contributed by atoms with Crippen molar-refractivity contribution >= 4 is 17.3 Å². The van der Waals surface area contributed by atoms with Crippen molar-refractivity contribution in [1.82, 2.24) is 4.98 Å². The van der Waals surface area contributed by atoms with Crippen molar-refractivity contribution in [3.05, 3.63) is 53.9 Å². The Kier molecular flexibility index (Phi) is 3.18. The number of halogens is 2. The van der Waals surface area contributed by atoms with Crippen molar-refractivity contribution in [3.63, 3.8) is 0 Å². The number of carbonyl (C=O) groups excluding carboxylic acids is 1. The van der Waals surface area contributed by atoms with E-state index in [4.69, 9.17) is 5.73 Å². The van der Waals surface area contributed by atoms with Crippen LogP contribution in [0.25, 0.3) is 0 Å². The first kappa shape index (κ1) is 12.0. The van der Waals surface area contributed by atoms with Gasteiger partial charge >= 0.3 is 0 Å². The summed E-state index contributed by atoms with van der Waals surface area (Å²) < 4.78 is 25.6. The van der Waals surface area contributed by atoms with E-state index in [1.807, 2.05) is 0 Å². The lowest BCUT2D eigenvalue weighted by atomic mass is 10.2. The van der Waals surface area contributed by atoms with Crippen molar-refractivity contribution in [3.8, 4) is 0 Å². The summed E-state index contributed by atoms with van der Waals surface area (Å²) >= 11 is 0. The van der Waals surface area contributed by atoms with E-state index in [2.05, 4.69) is 10.3 Å². The molecule has 0 atom stereocenters.